The molecule has 0 spiro atoms. The Hall–Kier alpha value is -1.88. The number of hydrogen-bond acceptors (Lipinski definition) is 3. The predicted octanol–water partition coefficient (Wildman–Crippen LogP) is 1.14. The molecule has 1 atom stereocenters. The Kier molecular flexibility index (Phi) is 4.96. The molecule has 1 unspecified atom stereocenters. The SMILES string of the molecule is CC(CNC(=O)C1(c2ccccc2)CCNCC1)C(=O)O. The van der Waals surface area contributed by atoms with E-state index in [0.29, 0.717) is 0 Å². The van der Waals surface area contributed by atoms with Crippen LogP contribution in [0.15, 0.2) is 30.3 Å². The maximum absolute atomic E-state index is 12.7. The highest BCUT2D eigenvalue weighted by molar-refractivity contribution is 5.88. The second-order valence-corrected chi connectivity index (χ2v) is 5.65. The molecule has 0 bridgehead atoms. The van der Waals surface area contributed by atoms with Crippen molar-refractivity contribution < 1.29 is 14.7 Å². The molecule has 1 aliphatic heterocycles. The molecule has 2 rings (SSSR count). The van der Waals surface area contributed by atoms with Crippen molar-refractivity contribution in [3.8, 4) is 0 Å². The normalized spacial score (nSPS) is 18.7. The topological polar surface area (TPSA) is 78.4 Å². The summed E-state index contributed by atoms with van der Waals surface area (Å²) in [6.45, 7) is 3.34. The van der Waals surface area contributed by atoms with E-state index in [1.807, 2.05) is 30.3 Å². The first-order chi connectivity index (χ1) is 10.1. The third-order valence-corrected chi connectivity index (χ3v) is 4.21. The molecule has 0 aromatic heterocycles. The standard InChI is InChI=1S/C16H22N2O3/c1-12(14(19)20)11-18-15(21)16(7-9-17-10-8-16)13-5-3-2-4-6-13/h2-6,12,17H,7-11H2,1H3,(H,18,21)(H,19,20). The first-order valence-electron chi connectivity index (χ1n) is 7.33. The van der Waals surface area contributed by atoms with E-state index >= 15 is 0 Å². The molecule has 3 N–H and O–H groups in total. The number of carbonyl (C=O) groups is 2. The number of nitrogens with one attached hydrogen (secondary N) is 2. The lowest BCUT2D eigenvalue weighted by Gasteiger charge is -2.37. The van der Waals surface area contributed by atoms with Crippen molar-refractivity contribution in [3.63, 3.8) is 0 Å². The maximum atomic E-state index is 12.7. The second kappa shape index (κ2) is 6.72. The summed E-state index contributed by atoms with van der Waals surface area (Å²) in [4.78, 5) is 23.6. The van der Waals surface area contributed by atoms with Gasteiger partial charge in [0.25, 0.3) is 0 Å². The summed E-state index contributed by atoms with van der Waals surface area (Å²) in [5.41, 5.74) is 0.456. The third-order valence-electron chi connectivity index (χ3n) is 4.21. The number of piperidine rings is 1. The fraction of sp³-hybridized carbons (Fsp3) is 0.500. The zero-order chi connectivity index (χ0) is 15.3. The van der Waals surface area contributed by atoms with Crippen LogP contribution in [0.3, 0.4) is 0 Å². The molecule has 0 radical (unpaired) electrons. The van der Waals surface area contributed by atoms with Crippen molar-refractivity contribution >= 4 is 11.9 Å². The van der Waals surface area contributed by atoms with Crippen molar-refractivity contribution in [2.75, 3.05) is 19.6 Å². The maximum Gasteiger partial charge on any atom is 0.308 e. The van der Waals surface area contributed by atoms with Gasteiger partial charge in [0.15, 0.2) is 0 Å². The van der Waals surface area contributed by atoms with Gasteiger partial charge < -0.3 is 15.7 Å². The zero-order valence-electron chi connectivity index (χ0n) is 12.3. The number of amides is 1. The van der Waals surface area contributed by atoms with Crippen LogP contribution in [0.5, 0.6) is 0 Å². The van der Waals surface area contributed by atoms with Crippen LogP contribution in [0.4, 0.5) is 0 Å². The van der Waals surface area contributed by atoms with E-state index in [1.165, 1.54) is 0 Å². The van der Waals surface area contributed by atoms with Gasteiger partial charge in [0, 0.05) is 6.54 Å². The second-order valence-electron chi connectivity index (χ2n) is 5.65. The van der Waals surface area contributed by atoms with Gasteiger partial charge in [-0.25, -0.2) is 0 Å². The molecule has 1 saturated heterocycles. The van der Waals surface area contributed by atoms with Crippen LogP contribution in [0.1, 0.15) is 25.3 Å². The Labute approximate surface area is 124 Å². The summed E-state index contributed by atoms with van der Waals surface area (Å²) in [6.07, 6.45) is 1.45. The van der Waals surface area contributed by atoms with Crippen molar-refractivity contribution in [2.45, 2.75) is 25.2 Å². The Morgan fingerprint density at radius 1 is 1.29 bits per heavy atom. The minimum Gasteiger partial charge on any atom is -0.481 e. The zero-order valence-corrected chi connectivity index (χ0v) is 12.3. The van der Waals surface area contributed by atoms with Gasteiger partial charge in [-0.15, -0.1) is 0 Å². The van der Waals surface area contributed by atoms with Gasteiger partial charge in [-0.2, -0.15) is 0 Å². The molecule has 5 nitrogen and oxygen atoms in total. The van der Waals surface area contributed by atoms with Gasteiger partial charge in [-0.1, -0.05) is 37.3 Å². The smallest absolute Gasteiger partial charge is 0.308 e. The van der Waals surface area contributed by atoms with Gasteiger partial charge >= 0.3 is 5.97 Å². The van der Waals surface area contributed by atoms with Crippen LogP contribution in [0.2, 0.25) is 0 Å². The molecule has 1 heterocycles. The van der Waals surface area contributed by atoms with Crippen LogP contribution in [-0.4, -0.2) is 36.6 Å². The van der Waals surface area contributed by atoms with Crippen LogP contribution in [0.25, 0.3) is 0 Å². The minimum atomic E-state index is -0.894. The van der Waals surface area contributed by atoms with Gasteiger partial charge in [-0.05, 0) is 31.5 Å². The number of hydrogen-bond donors (Lipinski definition) is 3. The molecule has 114 valence electrons. The quantitative estimate of drug-likeness (QED) is 0.760. The number of aliphatic carboxylic acids is 1. The van der Waals surface area contributed by atoms with Crippen molar-refractivity contribution in [3.05, 3.63) is 35.9 Å². The molecule has 21 heavy (non-hydrogen) atoms. The van der Waals surface area contributed by atoms with Gasteiger partial charge in [0.05, 0.1) is 11.3 Å². The van der Waals surface area contributed by atoms with E-state index in [2.05, 4.69) is 10.6 Å². The lowest BCUT2D eigenvalue weighted by atomic mass is 9.72. The summed E-state index contributed by atoms with van der Waals surface area (Å²) in [5, 5.41) is 15.0. The Morgan fingerprint density at radius 3 is 2.48 bits per heavy atom. The van der Waals surface area contributed by atoms with Crippen LogP contribution in [0, 0.1) is 5.92 Å². The highest BCUT2D eigenvalue weighted by Gasteiger charge is 2.41. The summed E-state index contributed by atoms with van der Waals surface area (Å²) in [5.74, 6) is -1.54. The Balaban J connectivity index is 2.16. The Morgan fingerprint density at radius 2 is 1.90 bits per heavy atom. The van der Waals surface area contributed by atoms with Crippen molar-refractivity contribution in [1.29, 1.82) is 0 Å². The number of benzene rings is 1. The van der Waals surface area contributed by atoms with E-state index in [9.17, 15) is 9.59 Å². The fourth-order valence-corrected chi connectivity index (χ4v) is 2.76. The molecule has 1 fully saturated rings. The average Bonchev–Trinajstić information content (AvgIpc) is 2.53. The molecule has 1 aliphatic rings. The van der Waals surface area contributed by atoms with Crippen LogP contribution < -0.4 is 10.6 Å². The van der Waals surface area contributed by atoms with E-state index in [0.717, 1.165) is 31.5 Å². The summed E-state index contributed by atoms with van der Waals surface area (Å²) >= 11 is 0. The van der Waals surface area contributed by atoms with E-state index in [-0.39, 0.29) is 12.5 Å². The third kappa shape index (κ3) is 3.42. The summed E-state index contributed by atoms with van der Waals surface area (Å²) in [7, 11) is 0. The number of carboxylic acid groups (broad SMARTS) is 1. The molecular formula is C16H22N2O3. The van der Waals surface area contributed by atoms with Crippen molar-refractivity contribution in [2.24, 2.45) is 5.92 Å². The van der Waals surface area contributed by atoms with Crippen molar-refractivity contribution in [1.82, 2.24) is 10.6 Å². The number of rotatable bonds is 5. The van der Waals surface area contributed by atoms with Gasteiger partial charge in [-0.3, -0.25) is 9.59 Å². The Bertz CT molecular complexity index is 496. The first-order valence-corrected chi connectivity index (χ1v) is 7.33. The van der Waals surface area contributed by atoms with Gasteiger partial charge in [0.1, 0.15) is 0 Å². The monoisotopic (exact) mass is 290 g/mol. The largest absolute Gasteiger partial charge is 0.481 e. The van der Waals surface area contributed by atoms with Crippen LogP contribution >= 0.6 is 0 Å². The van der Waals surface area contributed by atoms with E-state index < -0.39 is 17.3 Å². The average molecular weight is 290 g/mol. The molecule has 0 saturated carbocycles. The molecule has 5 heteroatoms. The summed E-state index contributed by atoms with van der Waals surface area (Å²) in [6, 6.07) is 9.76. The first kappa shape index (κ1) is 15.5. The highest BCUT2D eigenvalue weighted by atomic mass is 16.4. The lowest BCUT2D eigenvalue weighted by molar-refractivity contribution is -0.141. The molecular weight excluding hydrogens is 268 g/mol. The molecule has 1 amide bonds. The predicted molar refractivity (Wildman–Crippen MR) is 80.0 cm³/mol. The minimum absolute atomic E-state index is 0.0664. The summed E-state index contributed by atoms with van der Waals surface area (Å²) < 4.78 is 0. The highest BCUT2D eigenvalue weighted by Crippen LogP contribution is 2.33. The molecule has 1 aromatic rings. The van der Waals surface area contributed by atoms with E-state index in [4.69, 9.17) is 5.11 Å². The lowest BCUT2D eigenvalue weighted by Crippen LogP contribution is -2.51. The molecule has 0 aliphatic carbocycles. The van der Waals surface area contributed by atoms with Crippen LogP contribution in [-0.2, 0) is 15.0 Å². The van der Waals surface area contributed by atoms with E-state index in [1.54, 1.807) is 6.92 Å². The number of carboxylic acids is 1. The molecule has 1 aromatic carbocycles. The van der Waals surface area contributed by atoms with Gasteiger partial charge in [0.2, 0.25) is 5.91 Å². The number of carbonyl (C=O) groups excluding carboxylic acids is 1. The fourth-order valence-electron chi connectivity index (χ4n) is 2.76.